The third-order valence-corrected chi connectivity index (χ3v) is 3.38. The van der Waals surface area contributed by atoms with Gasteiger partial charge in [0.25, 0.3) is 0 Å². The zero-order valence-electron chi connectivity index (χ0n) is 9.97. The van der Waals surface area contributed by atoms with Gasteiger partial charge in [-0.25, -0.2) is 0 Å². The van der Waals surface area contributed by atoms with Crippen LogP contribution in [0.25, 0.3) is 0 Å². The van der Waals surface area contributed by atoms with Gasteiger partial charge in [0.05, 0.1) is 0 Å². The van der Waals surface area contributed by atoms with E-state index in [4.69, 9.17) is 11.6 Å². The predicted molar refractivity (Wildman–Crippen MR) is 64.9 cm³/mol. The first-order valence-electron chi connectivity index (χ1n) is 5.90. The van der Waals surface area contributed by atoms with Gasteiger partial charge in [-0.1, -0.05) is 0 Å². The Morgan fingerprint density at radius 2 is 2.47 bits per heavy atom. The van der Waals surface area contributed by atoms with Crippen molar-refractivity contribution in [2.45, 2.75) is 25.2 Å². The molecule has 2 heterocycles. The van der Waals surface area contributed by atoms with Gasteiger partial charge in [0, 0.05) is 38.4 Å². The molecule has 1 aliphatic heterocycles. The number of piperidine rings is 1. The number of carbonyl (C=O) groups excluding carboxylic acids is 1. The smallest absolute Gasteiger partial charge is 0.223 e. The number of amides is 1. The molecule has 1 unspecified atom stereocenters. The monoisotopic (exact) mass is 256 g/mol. The quantitative estimate of drug-likeness (QED) is 0.763. The van der Waals surface area contributed by atoms with Crippen LogP contribution in [0.4, 0.5) is 0 Å². The molecule has 1 aromatic rings. The zero-order valence-corrected chi connectivity index (χ0v) is 10.7. The number of aryl methyl sites for hydroxylation is 1. The average Bonchev–Trinajstić information content (AvgIpc) is 2.76. The van der Waals surface area contributed by atoms with Crippen molar-refractivity contribution in [3.05, 3.63) is 12.2 Å². The molecular weight excluding hydrogens is 240 g/mol. The lowest BCUT2D eigenvalue weighted by Crippen LogP contribution is -2.39. The second-order valence-electron chi connectivity index (χ2n) is 4.42. The average molecular weight is 257 g/mol. The van der Waals surface area contributed by atoms with Crippen LogP contribution in [0.3, 0.4) is 0 Å². The van der Waals surface area contributed by atoms with Gasteiger partial charge in [0.2, 0.25) is 5.91 Å². The molecule has 0 aromatic carbocycles. The van der Waals surface area contributed by atoms with Gasteiger partial charge in [0.15, 0.2) is 0 Å². The molecule has 2 rings (SSSR count). The molecule has 0 saturated carbocycles. The lowest BCUT2D eigenvalue weighted by Gasteiger charge is -2.32. The third-order valence-electron chi connectivity index (χ3n) is 3.19. The van der Waals surface area contributed by atoms with Crippen LogP contribution < -0.4 is 0 Å². The van der Waals surface area contributed by atoms with Crippen LogP contribution in [0, 0.1) is 0 Å². The van der Waals surface area contributed by atoms with E-state index in [1.54, 1.807) is 6.33 Å². The van der Waals surface area contributed by atoms with E-state index < -0.39 is 0 Å². The molecule has 1 fully saturated rings. The number of alkyl halides is 1. The summed E-state index contributed by atoms with van der Waals surface area (Å²) in [6.45, 7) is 1.58. The highest BCUT2D eigenvalue weighted by atomic mass is 35.5. The maximum absolute atomic E-state index is 11.8. The Hall–Kier alpha value is -1.10. The normalized spacial score (nSPS) is 20.6. The molecule has 0 bridgehead atoms. The molecule has 0 N–H and O–H groups in total. The minimum Gasteiger partial charge on any atom is -0.342 e. The van der Waals surface area contributed by atoms with Gasteiger partial charge in [-0.2, -0.15) is 0 Å². The van der Waals surface area contributed by atoms with Gasteiger partial charge in [-0.15, -0.1) is 21.8 Å². The highest BCUT2D eigenvalue weighted by molar-refractivity contribution is 6.18. The van der Waals surface area contributed by atoms with Crippen LogP contribution in [0.2, 0.25) is 0 Å². The third kappa shape index (κ3) is 2.77. The van der Waals surface area contributed by atoms with Crippen molar-refractivity contribution in [1.82, 2.24) is 19.7 Å². The van der Waals surface area contributed by atoms with Crippen molar-refractivity contribution >= 4 is 17.5 Å². The molecule has 1 aromatic heterocycles. The van der Waals surface area contributed by atoms with Gasteiger partial charge in [-0.05, 0) is 12.8 Å². The van der Waals surface area contributed by atoms with Crippen LogP contribution in [0.15, 0.2) is 6.33 Å². The Bertz CT molecular complexity index is 393. The van der Waals surface area contributed by atoms with E-state index in [1.165, 1.54) is 0 Å². The van der Waals surface area contributed by atoms with E-state index in [9.17, 15) is 4.79 Å². The Morgan fingerprint density at radius 3 is 3.12 bits per heavy atom. The molecule has 0 aliphatic carbocycles. The van der Waals surface area contributed by atoms with Crippen LogP contribution in [-0.4, -0.2) is 44.5 Å². The number of hydrogen-bond acceptors (Lipinski definition) is 3. The van der Waals surface area contributed by atoms with E-state index in [2.05, 4.69) is 10.2 Å². The summed E-state index contributed by atoms with van der Waals surface area (Å²) in [7, 11) is 1.94. The van der Waals surface area contributed by atoms with Crippen LogP contribution in [-0.2, 0) is 11.8 Å². The van der Waals surface area contributed by atoms with Gasteiger partial charge in [-0.3, -0.25) is 4.79 Å². The number of aromatic nitrogens is 3. The number of carbonyl (C=O) groups is 1. The lowest BCUT2D eigenvalue weighted by molar-refractivity contribution is -0.132. The van der Waals surface area contributed by atoms with Crippen LogP contribution >= 0.6 is 11.6 Å². The van der Waals surface area contributed by atoms with E-state index in [0.29, 0.717) is 18.2 Å². The maximum Gasteiger partial charge on any atom is 0.223 e. The summed E-state index contributed by atoms with van der Waals surface area (Å²) in [5.41, 5.74) is 0. The van der Waals surface area contributed by atoms with Crippen molar-refractivity contribution in [3.8, 4) is 0 Å². The molecule has 1 saturated heterocycles. The molecular formula is C11H17ClN4O. The zero-order chi connectivity index (χ0) is 12.3. The lowest BCUT2D eigenvalue weighted by atomic mass is 9.97. The first kappa shape index (κ1) is 12.4. The molecule has 94 valence electrons. The summed E-state index contributed by atoms with van der Waals surface area (Å²) in [6.07, 6.45) is 4.21. The van der Waals surface area contributed by atoms with Gasteiger partial charge >= 0.3 is 0 Å². The van der Waals surface area contributed by atoms with Crippen molar-refractivity contribution in [2.24, 2.45) is 7.05 Å². The van der Waals surface area contributed by atoms with E-state index in [1.807, 2.05) is 16.5 Å². The minimum atomic E-state index is 0.145. The summed E-state index contributed by atoms with van der Waals surface area (Å²) in [4.78, 5) is 13.7. The maximum atomic E-state index is 11.8. The van der Waals surface area contributed by atoms with Crippen molar-refractivity contribution < 1.29 is 4.79 Å². The SMILES string of the molecule is Cn1cnnc1C1CCCN(C(=O)CCCl)C1. The molecule has 1 aliphatic rings. The predicted octanol–water partition coefficient (Wildman–Crippen LogP) is 1.15. The summed E-state index contributed by atoms with van der Waals surface area (Å²) >= 11 is 5.60. The Labute approximate surface area is 106 Å². The Balaban J connectivity index is 2.02. The van der Waals surface area contributed by atoms with Crippen LogP contribution in [0.5, 0.6) is 0 Å². The Kier molecular flexibility index (Phi) is 3.99. The number of likely N-dealkylation sites (tertiary alicyclic amines) is 1. The minimum absolute atomic E-state index is 0.145. The standard InChI is InChI=1S/C11H17ClN4O/c1-15-8-13-14-11(15)9-3-2-6-16(7-9)10(17)4-5-12/h8-9H,2-7H2,1H3. The van der Waals surface area contributed by atoms with E-state index in [-0.39, 0.29) is 5.91 Å². The second kappa shape index (κ2) is 5.49. The fourth-order valence-electron chi connectivity index (χ4n) is 2.32. The van der Waals surface area contributed by atoms with Crippen LogP contribution in [0.1, 0.15) is 31.0 Å². The molecule has 0 radical (unpaired) electrons. The molecule has 1 atom stereocenters. The Morgan fingerprint density at radius 1 is 1.65 bits per heavy atom. The number of rotatable bonds is 3. The number of hydrogen-bond donors (Lipinski definition) is 0. The van der Waals surface area contributed by atoms with E-state index >= 15 is 0 Å². The second-order valence-corrected chi connectivity index (χ2v) is 4.80. The number of halogens is 1. The first-order valence-corrected chi connectivity index (χ1v) is 6.43. The molecule has 6 heteroatoms. The highest BCUT2D eigenvalue weighted by Crippen LogP contribution is 2.25. The topological polar surface area (TPSA) is 51.0 Å². The largest absolute Gasteiger partial charge is 0.342 e. The van der Waals surface area contributed by atoms with Crippen molar-refractivity contribution in [1.29, 1.82) is 0 Å². The molecule has 17 heavy (non-hydrogen) atoms. The fraction of sp³-hybridized carbons (Fsp3) is 0.727. The van der Waals surface area contributed by atoms with Crippen molar-refractivity contribution in [3.63, 3.8) is 0 Å². The first-order chi connectivity index (χ1) is 8.22. The number of nitrogens with zero attached hydrogens (tertiary/aromatic N) is 4. The summed E-state index contributed by atoms with van der Waals surface area (Å²) in [5, 5.41) is 8.02. The summed E-state index contributed by atoms with van der Waals surface area (Å²) in [6, 6.07) is 0. The molecule has 1 amide bonds. The summed E-state index contributed by atoms with van der Waals surface area (Å²) in [5.74, 6) is 1.81. The van der Waals surface area contributed by atoms with Gasteiger partial charge < -0.3 is 9.47 Å². The fourth-order valence-corrected chi connectivity index (χ4v) is 2.48. The molecule has 5 nitrogen and oxygen atoms in total. The van der Waals surface area contributed by atoms with Crippen molar-refractivity contribution in [2.75, 3.05) is 19.0 Å². The van der Waals surface area contributed by atoms with E-state index in [0.717, 1.165) is 31.8 Å². The van der Waals surface area contributed by atoms with Gasteiger partial charge in [0.1, 0.15) is 12.2 Å². The highest BCUT2D eigenvalue weighted by Gasteiger charge is 2.26. The summed E-state index contributed by atoms with van der Waals surface area (Å²) < 4.78 is 1.93. The molecule has 0 spiro atoms.